The van der Waals surface area contributed by atoms with Crippen LogP contribution in [0.25, 0.3) is 0 Å². The van der Waals surface area contributed by atoms with Crippen molar-refractivity contribution in [2.45, 2.75) is 77.2 Å². The maximum absolute atomic E-state index is 13.1. The first-order valence-electron chi connectivity index (χ1n) is 12.7. The fourth-order valence-electron chi connectivity index (χ4n) is 4.30. The number of para-hydroxylation sites is 1. The third-order valence-corrected chi connectivity index (χ3v) is 6.18. The molecule has 0 bridgehead atoms. The number of allylic oxidation sites excluding steroid dienone is 3. The molecule has 3 heteroatoms. The zero-order valence-corrected chi connectivity index (χ0v) is 20.1. The minimum Gasteiger partial charge on any atom is -0.493 e. The van der Waals surface area contributed by atoms with Gasteiger partial charge in [0, 0.05) is 5.56 Å². The summed E-state index contributed by atoms with van der Waals surface area (Å²) >= 11 is 0. The molecule has 3 rings (SSSR count). The first kappa shape index (κ1) is 24.8. The molecule has 0 saturated carbocycles. The fourth-order valence-corrected chi connectivity index (χ4v) is 4.30. The fraction of sp³-hybridized carbons (Fsp3) is 0.433. The first-order chi connectivity index (χ1) is 16.3. The Morgan fingerprint density at radius 1 is 0.970 bits per heavy atom. The molecule has 1 amide bonds. The average molecular weight is 446 g/mol. The lowest BCUT2D eigenvalue weighted by atomic mass is 9.93. The Balaban J connectivity index is 1.56. The number of carbonyl (C=O) groups is 1. The number of ether oxygens (including phenoxy) is 1. The van der Waals surface area contributed by atoms with E-state index in [4.69, 9.17) is 4.74 Å². The van der Waals surface area contributed by atoms with Crippen molar-refractivity contribution in [3.8, 4) is 5.75 Å². The summed E-state index contributed by atoms with van der Waals surface area (Å²) in [5, 5.41) is 3.29. The molecule has 1 atom stereocenters. The Morgan fingerprint density at radius 2 is 1.73 bits per heavy atom. The lowest BCUT2D eigenvalue weighted by Gasteiger charge is -2.22. The molecule has 176 valence electrons. The van der Waals surface area contributed by atoms with Crippen molar-refractivity contribution in [2.24, 2.45) is 0 Å². The predicted octanol–water partition coefficient (Wildman–Crippen LogP) is 7.49. The van der Waals surface area contributed by atoms with E-state index < -0.39 is 0 Å². The summed E-state index contributed by atoms with van der Waals surface area (Å²) in [7, 11) is 0. The summed E-state index contributed by atoms with van der Waals surface area (Å²) in [4.78, 5) is 13.1. The summed E-state index contributed by atoms with van der Waals surface area (Å²) in [6.45, 7) is 2.95. The maximum atomic E-state index is 13.1. The van der Waals surface area contributed by atoms with Gasteiger partial charge < -0.3 is 10.1 Å². The molecule has 2 aromatic carbocycles. The van der Waals surface area contributed by atoms with E-state index in [0.717, 1.165) is 42.6 Å². The molecular formula is C30H39NO2. The van der Waals surface area contributed by atoms with Crippen molar-refractivity contribution in [1.82, 2.24) is 5.32 Å². The number of carbonyl (C=O) groups excluding carboxylic acids is 1. The first-order valence-corrected chi connectivity index (χ1v) is 12.7. The SMILES string of the molecule is CCCCCCCCOc1ccccc1CC(=O)NC(CC1=CC=CCC1)c1ccccc1. The highest BCUT2D eigenvalue weighted by Gasteiger charge is 2.18. The largest absolute Gasteiger partial charge is 0.493 e. The zero-order chi connectivity index (χ0) is 23.1. The molecule has 1 N–H and O–H groups in total. The van der Waals surface area contributed by atoms with Crippen molar-refractivity contribution in [3.05, 3.63) is 89.5 Å². The number of unbranched alkanes of at least 4 members (excludes halogenated alkanes) is 5. The molecule has 3 nitrogen and oxygen atoms in total. The molecule has 0 spiro atoms. The van der Waals surface area contributed by atoms with Gasteiger partial charge in [-0.15, -0.1) is 0 Å². The Kier molecular flexibility index (Phi) is 10.8. The van der Waals surface area contributed by atoms with Crippen molar-refractivity contribution in [3.63, 3.8) is 0 Å². The molecule has 0 radical (unpaired) electrons. The number of benzene rings is 2. The molecule has 0 heterocycles. The van der Waals surface area contributed by atoms with E-state index in [9.17, 15) is 4.79 Å². The van der Waals surface area contributed by atoms with E-state index in [1.165, 1.54) is 37.7 Å². The summed E-state index contributed by atoms with van der Waals surface area (Å²) in [5.41, 5.74) is 3.48. The third-order valence-electron chi connectivity index (χ3n) is 6.18. The molecule has 1 aliphatic carbocycles. The molecule has 0 saturated heterocycles. The second-order valence-electron chi connectivity index (χ2n) is 8.93. The smallest absolute Gasteiger partial charge is 0.225 e. The second kappa shape index (κ2) is 14.4. The van der Waals surface area contributed by atoms with Crippen LogP contribution < -0.4 is 10.1 Å². The monoisotopic (exact) mass is 445 g/mol. The molecule has 1 unspecified atom stereocenters. The minimum atomic E-state index is -0.0207. The summed E-state index contributed by atoms with van der Waals surface area (Å²) < 4.78 is 6.06. The molecule has 2 aromatic rings. The van der Waals surface area contributed by atoms with Gasteiger partial charge in [0.05, 0.1) is 19.1 Å². The van der Waals surface area contributed by atoms with Gasteiger partial charge in [-0.25, -0.2) is 0 Å². The van der Waals surface area contributed by atoms with Crippen LogP contribution in [0.4, 0.5) is 0 Å². The standard InChI is InChI=1S/C30H39NO2/c1-2-3-4-5-6-15-22-33-29-21-14-13-20-27(29)24-30(32)31-28(26-18-11-8-12-19-26)23-25-16-9-7-10-17-25/h7-9,11-14,16,18-21,28H,2-6,10,15,17,22-24H2,1H3,(H,31,32). The molecule has 0 aliphatic heterocycles. The van der Waals surface area contributed by atoms with Gasteiger partial charge in [0.2, 0.25) is 5.91 Å². The van der Waals surface area contributed by atoms with Gasteiger partial charge in [0.25, 0.3) is 0 Å². The van der Waals surface area contributed by atoms with Crippen molar-refractivity contribution < 1.29 is 9.53 Å². The third kappa shape index (κ3) is 8.92. The number of hydrogen-bond acceptors (Lipinski definition) is 2. The Morgan fingerprint density at radius 3 is 2.52 bits per heavy atom. The minimum absolute atomic E-state index is 0.0207. The molecule has 1 aliphatic rings. The highest BCUT2D eigenvalue weighted by Crippen LogP contribution is 2.26. The van der Waals surface area contributed by atoms with E-state index in [1.807, 2.05) is 42.5 Å². The number of hydrogen-bond donors (Lipinski definition) is 1. The van der Waals surface area contributed by atoms with Crippen LogP contribution in [0.15, 0.2) is 78.4 Å². The molecule has 0 fully saturated rings. The maximum Gasteiger partial charge on any atom is 0.225 e. The van der Waals surface area contributed by atoms with Crippen molar-refractivity contribution in [2.75, 3.05) is 6.61 Å². The summed E-state index contributed by atoms with van der Waals surface area (Å²) in [6, 6.07) is 18.2. The Hall–Kier alpha value is -2.81. The van der Waals surface area contributed by atoms with Crippen molar-refractivity contribution in [1.29, 1.82) is 0 Å². The lowest BCUT2D eigenvalue weighted by molar-refractivity contribution is -0.121. The average Bonchev–Trinajstić information content (AvgIpc) is 2.85. The van der Waals surface area contributed by atoms with Crippen LogP contribution in [-0.4, -0.2) is 12.5 Å². The summed E-state index contributed by atoms with van der Waals surface area (Å²) in [6.07, 6.45) is 17.2. The Labute approximate surface area is 199 Å². The van der Waals surface area contributed by atoms with E-state index in [0.29, 0.717) is 13.0 Å². The van der Waals surface area contributed by atoms with Gasteiger partial charge in [-0.1, -0.05) is 111 Å². The number of amides is 1. The van der Waals surface area contributed by atoms with Gasteiger partial charge in [0.1, 0.15) is 5.75 Å². The second-order valence-corrected chi connectivity index (χ2v) is 8.93. The van der Waals surface area contributed by atoms with E-state index in [-0.39, 0.29) is 11.9 Å². The quantitative estimate of drug-likeness (QED) is 0.306. The van der Waals surface area contributed by atoms with E-state index in [2.05, 4.69) is 42.6 Å². The van der Waals surface area contributed by atoms with Gasteiger partial charge in [0.15, 0.2) is 0 Å². The van der Waals surface area contributed by atoms with Crippen LogP contribution in [0.5, 0.6) is 5.75 Å². The van der Waals surface area contributed by atoms with Crippen molar-refractivity contribution >= 4 is 5.91 Å². The van der Waals surface area contributed by atoms with Gasteiger partial charge in [-0.3, -0.25) is 4.79 Å². The van der Waals surface area contributed by atoms with Gasteiger partial charge in [-0.2, -0.15) is 0 Å². The Bertz CT molecular complexity index is 901. The van der Waals surface area contributed by atoms with Gasteiger partial charge >= 0.3 is 0 Å². The predicted molar refractivity (Wildman–Crippen MR) is 137 cm³/mol. The van der Waals surface area contributed by atoms with Crippen LogP contribution in [0, 0.1) is 0 Å². The number of nitrogens with one attached hydrogen (secondary N) is 1. The van der Waals surface area contributed by atoms with Gasteiger partial charge in [-0.05, 0) is 37.3 Å². The van der Waals surface area contributed by atoms with E-state index >= 15 is 0 Å². The summed E-state index contributed by atoms with van der Waals surface area (Å²) in [5.74, 6) is 0.865. The van der Waals surface area contributed by atoms with Crippen LogP contribution in [0.1, 0.15) is 81.9 Å². The van der Waals surface area contributed by atoms with Crippen LogP contribution in [-0.2, 0) is 11.2 Å². The highest BCUT2D eigenvalue weighted by atomic mass is 16.5. The van der Waals surface area contributed by atoms with Crippen LogP contribution in [0.3, 0.4) is 0 Å². The number of rotatable bonds is 14. The van der Waals surface area contributed by atoms with E-state index in [1.54, 1.807) is 0 Å². The highest BCUT2D eigenvalue weighted by molar-refractivity contribution is 5.79. The topological polar surface area (TPSA) is 38.3 Å². The molecule has 0 aromatic heterocycles. The zero-order valence-electron chi connectivity index (χ0n) is 20.1. The molecular weight excluding hydrogens is 406 g/mol. The normalized spacial score (nSPS) is 13.9. The van der Waals surface area contributed by atoms with Crippen LogP contribution in [0.2, 0.25) is 0 Å². The van der Waals surface area contributed by atoms with Crippen LogP contribution >= 0.6 is 0 Å². The molecule has 33 heavy (non-hydrogen) atoms. The lowest BCUT2D eigenvalue weighted by Crippen LogP contribution is -2.30.